The molecule has 2 N–H and O–H groups in total. The van der Waals surface area contributed by atoms with Gasteiger partial charge in [-0.15, -0.1) is 0 Å². The van der Waals surface area contributed by atoms with Crippen LogP contribution in [0.5, 0.6) is 0 Å². The molecule has 1 amide bonds. The minimum Gasteiger partial charge on any atom is -0.352 e. The van der Waals surface area contributed by atoms with Crippen LogP contribution in [0.15, 0.2) is 24.3 Å². The van der Waals surface area contributed by atoms with Gasteiger partial charge in [0.05, 0.1) is 0 Å². The predicted molar refractivity (Wildman–Crippen MR) is 75.7 cm³/mol. The molecule has 0 saturated carbocycles. The molecule has 4 heteroatoms. The Morgan fingerprint density at radius 1 is 1.28 bits per heavy atom. The number of nitrogens with one attached hydrogen (secondary N) is 2. The van der Waals surface area contributed by atoms with Gasteiger partial charge < -0.3 is 10.6 Å². The fourth-order valence-corrected chi connectivity index (χ4v) is 1.76. The number of rotatable bonds is 8. The number of carbonyl (C=O) groups is 1. The minimum absolute atomic E-state index is 0.0546. The van der Waals surface area contributed by atoms with E-state index in [0.717, 1.165) is 25.1 Å². The number of hydrogen-bond acceptors (Lipinski definition) is 2. The number of halogens is 1. The van der Waals surface area contributed by atoms with Crippen molar-refractivity contribution < 1.29 is 4.79 Å². The highest BCUT2D eigenvalue weighted by molar-refractivity contribution is 6.31. The van der Waals surface area contributed by atoms with E-state index >= 15 is 0 Å². The summed E-state index contributed by atoms with van der Waals surface area (Å²) >= 11 is 6.01. The van der Waals surface area contributed by atoms with Gasteiger partial charge in [-0.1, -0.05) is 43.1 Å². The van der Waals surface area contributed by atoms with E-state index in [1.54, 1.807) is 0 Å². The smallest absolute Gasteiger partial charge is 0.221 e. The van der Waals surface area contributed by atoms with Crippen LogP contribution in [0.1, 0.15) is 31.7 Å². The van der Waals surface area contributed by atoms with Crippen LogP contribution in [-0.2, 0) is 11.3 Å². The monoisotopic (exact) mass is 268 g/mol. The molecule has 1 aromatic rings. The van der Waals surface area contributed by atoms with Crippen molar-refractivity contribution in [2.24, 2.45) is 0 Å². The third-order valence-corrected chi connectivity index (χ3v) is 3.04. The van der Waals surface area contributed by atoms with Gasteiger partial charge in [0, 0.05) is 24.5 Å². The highest BCUT2D eigenvalue weighted by atomic mass is 35.5. The fraction of sp³-hybridized carbons (Fsp3) is 0.500. The molecular weight excluding hydrogens is 248 g/mol. The van der Waals surface area contributed by atoms with Crippen molar-refractivity contribution >= 4 is 17.5 Å². The Morgan fingerprint density at radius 2 is 2.06 bits per heavy atom. The first kappa shape index (κ1) is 15.0. The van der Waals surface area contributed by atoms with Gasteiger partial charge >= 0.3 is 0 Å². The van der Waals surface area contributed by atoms with E-state index in [-0.39, 0.29) is 5.91 Å². The number of unbranched alkanes of at least 4 members (excludes halogenated alkanes) is 1. The topological polar surface area (TPSA) is 41.1 Å². The molecule has 0 aliphatic carbocycles. The van der Waals surface area contributed by atoms with E-state index in [1.165, 1.54) is 6.42 Å². The van der Waals surface area contributed by atoms with Gasteiger partial charge in [0.2, 0.25) is 5.91 Å². The number of carbonyl (C=O) groups excluding carboxylic acids is 1. The molecule has 3 nitrogen and oxygen atoms in total. The molecule has 1 aromatic carbocycles. The summed E-state index contributed by atoms with van der Waals surface area (Å²) in [5.74, 6) is 0.0546. The summed E-state index contributed by atoms with van der Waals surface area (Å²) in [5.41, 5.74) is 0.950. The molecule has 100 valence electrons. The van der Waals surface area contributed by atoms with Crippen LogP contribution in [-0.4, -0.2) is 19.0 Å². The second kappa shape index (κ2) is 8.95. The lowest BCUT2D eigenvalue weighted by Crippen LogP contribution is -2.27. The van der Waals surface area contributed by atoms with Gasteiger partial charge in [0.1, 0.15) is 0 Å². The second-order valence-corrected chi connectivity index (χ2v) is 4.63. The predicted octanol–water partition coefficient (Wildman–Crippen LogP) is 2.74. The van der Waals surface area contributed by atoms with E-state index in [0.29, 0.717) is 18.0 Å². The van der Waals surface area contributed by atoms with E-state index in [1.807, 2.05) is 24.3 Å². The summed E-state index contributed by atoms with van der Waals surface area (Å²) < 4.78 is 0. The largest absolute Gasteiger partial charge is 0.352 e. The summed E-state index contributed by atoms with van der Waals surface area (Å²) in [6, 6.07) is 7.54. The van der Waals surface area contributed by atoms with Crippen LogP contribution in [0.3, 0.4) is 0 Å². The third kappa shape index (κ3) is 6.03. The molecule has 0 aromatic heterocycles. The van der Waals surface area contributed by atoms with E-state index in [9.17, 15) is 4.79 Å². The first-order valence-corrected chi connectivity index (χ1v) is 6.82. The van der Waals surface area contributed by atoms with Gasteiger partial charge in [0.25, 0.3) is 0 Å². The molecule has 0 heterocycles. The van der Waals surface area contributed by atoms with E-state index in [4.69, 9.17) is 11.6 Å². The maximum Gasteiger partial charge on any atom is 0.221 e. The normalized spacial score (nSPS) is 10.3. The van der Waals surface area contributed by atoms with Crippen LogP contribution < -0.4 is 10.6 Å². The highest BCUT2D eigenvalue weighted by Crippen LogP contribution is 2.14. The van der Waals surface area contributed by atoms with Gasteiger partial charge in [-0.3, -0.25) is 4.79 Å². The van der Waals surface area contributed by atoms with Crippen LogP contribution >= 0.6 is 11.6 Å². The Hall–Kier alpha value is -1.06. The lowest BCUT2D eigenvalue weighted by Gasteiger charge is -2.07. The third-order valence-electron chi connectivity index (χ3n) is 2.67. The van der Waals surface area contributed by atoms with Gasteiger partial charge in [0.15, 0.2) is 0 Å². The van der Waals surface area contributed by atoms with Crippen molar-refractivity contribution in [1.29, 1.82) is 0 Å². The summed E-state index contributed by atoms with van der Waals surface area (Å²) in [4.78, 5) is 11.6. The standard InChI is InChI=1S/C14H21ClN2O/c1-2-3-9-16-10-8-14(18)17-11-12-6-4-5-7-13(12)15/h4-7,16H,2-3,8-11H2,1H3,(H,17,18). The maximum absolute atomic E-state index is 11.6. The van der Waals surface area contributed by atoms with Crippen LogP contribution in [0, 0.1) is 0 Å². The molecule has 0 radical (unpaired) electrons. The molecule has 0 spiro atoms. The fourth-order valence-electron chi connectivity index (χ4n) is 1.55. The van der Waals surface area contributed by atoms with Gasteiger partial charge in [-0.05, 0) is 24.6 Å². The highest BCUT2D eigenvalue weighted by Gasteiger charge is 2.02. The molecule has 18 heavy (non-hydrogen) atoms. The Balaban J connectivity index is 2.15. The zero-order valence-electron chi connectivity index (χ0n) is 10.8. The maximum atomic E-state index is 11.6. The van der Waals surface area contributed by atoms with E-state index < -0.39 is 0 Å². The molecule has 0 atom stereocenters. The molecule has 0 bridgehead atoms. The average molecular weight is 269 g/mol. The lowest BCUT2D eigenvalue weighted by molar-refractivity contribution is -0.121. The first-order valence-electron chi connectivity index (χ1n) is 6.45. The van der Waals surface area contributed by atoms with Crippen molar-refractivity contribution in [2.45, 2.75) is 32.7 Å². The van der Waals surface area contributed by atoms with Crippen molar-refractivity contribution in [1.82, 2.24) is 10.6 Å². The molecule has 0 saturated heterocycles. The average Bonchev–Trinajstić information content (AvgIpc) is 2.37. The zero-order valence-corrected chi connectivity index (χ0v) is 11.6. The lowest BCUT2D eigenvalue weighted by atomic mass is 10.2. The minimum atomic E-state index is 0.0546. The van der Waals surface area contributed by atoms with Crippen LogP contribution in [0.4, 0.5) is 0 Å². The molecule has 1 rings (SSSR count). The summed E-state index contributed by atoms with van der Waals surface area (Å²) in [6.45, 7) is 4.36. The Kier molecular flexibility index (Phi) is 7.46. The molecular formula is C14H21ClN2O. The molecule has 0 fully saturated rings. The van der Waals surface area contributed by atoms with Crippen LogP contribution in [0.2, 0.25) is 5.02 Å². The first-order chi connectivity index (χ1) is 8.74. The second-order valence-electron chi connectivity index (χ2n) is 4.22. The number of benzene rings is 1. The zero-order chi connectivity index (χ0) is 13.2. The summed E-state index contributed by atoms with van der Waals surface area (Å²) in [6.07, 6.45) is 2.83. The van der Waals surface area contributed by atoms with Gasteiger partial charge in [-0.25, -0.2) is 0 Å². The number of hydrogen-bond donors (Lipinski definition) is 2. The van der Waals surface area contributed by atoms with Crippen molar-refractivity contribution in [3.63, 3.8) is 0 Å². The van der Waals surface area contributed by atoms with Crippen molar-refractivity contribution in [2.75, 3.05) is 13.1 Å². The van der Waals surface area contributed by atoms with Gasteiger partial charge in [-0.2, -0.15) is 0 Å². The summed E-state index contributed by atoms with van der Waals surface area (Å²) in [5, 5.41) is 6.80. The quantitative estimate of drug-likeness (QED) is 0.712. The molecule has 0 unspecified atom stereocenters. The molecule has 0 aliphatic heterocycles. The van der Waals surface area contributed by atoms with Crippen molar-refractivity contribution in [3.8, 4) is 0 Å². The Bertz CT molecular complexity index is 369. The Morgan fingerprint density at radius 3 is 2.78 bits per heavy atom. The van der Waals surface area contributed by atoms with E-state index in [2.05, 4.69) is 17.6 Å². The summed E-state index contributed by atoms with van der Waals surface area (Å²) in [7, 11) is 0. The molecule has 0 aliphatic rings. The Labute approximate surface area is 114 Å². The van der Waals surface area contributed by atoms with Crippen LogP contribution in [0.25, 0.3) is 0 Å². The SMILES string of the molecule is CCCCNCCC(=O)NCc1ccccc1Cl. The number of amides is 1. The van der Waals surface area contributed by atoms with Crippen molar-refractivity contribution in [3.05, 3.63) is 34.9 Å².